The van der Waals surface area contributed by atoms with Crippen LogP contribution in [0.1, 0.15) is 17.3 Å². The van der Waals surface area contributed by atoms with Crippen molar-refractivity contribution in [2.24, 2.45) is 0 Å². The number of thiol groups is 1. The molecule has 5 heteroatoms. The first-order valence-corrected chi connectivity index (χ1v) is 5.11. The van der Waals surface area contributed by atoms with E-state index in [0.717, 1.165) is 0 Å². The van der Waals surface area contributed by atoms with Crippen LogP contribution < -0.4 is 0 Å². The van der Waals surface area contributed by atoms with Crippen LogP contribution in [0.5, 0.6) is 0 Å². The molecule has 0 atom stereocenters. The third kappa shape index (κ3) is 2.56. The van der Waals surface area contributed by atoms with Gasteiger partial charge in [0.05, 0.1) is 22.2 Å². The van der Waals surface area contributed by atoms with Crippen molar-refractivity contribution in [1.82, 2.24) is 0 Å². The number of esters is 1. The number of rotatable bonds is 2. The molecule has 0 fully saturated rings. The summed E-state index contributed by atoms with van der Waals surface area (Å²) in [6, 6.07) is 2.96. The van der Waals surface area contributed by atoms with E-state index in [1.807, 2.05) is 0 Å². The van der Waals surface area contributed by atoms with Gasteiger partial charge in [-0.25, -0.2) is 4.79 Å². The Bertz CT molecular complexity index is 366. The lowest BCUT2D eigenvalue weighted by Gasteiger charge is -2.05. The SMILES string of the molecule is CCOC(=O)c1cc(S)c(Cl)cc1Cl. The monoisotopic (exact) mass is 250 g/mol. The number of benzene rings is 1. The third-order valence-electron chi connectivity index (χ3n) is 1.53. The third-order valence-corrected chi connectivity index (χ3v) is 2.66. The van der Waals surface area contributed by atoms with Crippen LogP contribution in [0.2, 0.25) is 10.0 Å². The van der Waals surface area contributed by atoms with Gasteiger partial charge < -0.3 is 4.74 Å². The maximum atomic E-state index is 11.3. The summed E-state index contributed by atoms with van der Waals surface area (Å²) in [5.74, 6) is -0.468. The highest BCUT2D eigenvalue weighted by Crippen LogP contribution is 2.28. The first-order valence-electron chi connectivity index (χ1n) is 3.91. The van der Waals surface area contributed by atoms with Crippen LogP contribution in [0.15, 0.2) is 17.0 Å². The minimum Gasteiger partial charge on any atom is -0.462 e. The molecule has 0 saturated heterocycles. The van der Waals surface area contributed by atoms with Gasteiger partial charge in [0, 0.05) is 4.90 Å². The summed E-state index contributed by atoms with van der Waals surface area (Å²) in [6.45, 7) is 2.03. The molecule has 0 heterocycles. The van der Waals surface area contributed by atoms with E-state index in [1.165, 1.54) is 12.1 Å². The fourth-order valence-corrected chi connectivity index (χ4v) is 1.56. The highest BCUT2D eigenvalue weighted by atomic mass is 35.5. The Morgan fingerprint density at radius 2 is 2.07 bits per heavy atom. The van der Waals surface area contributed by atoms with Crippen LogP contribution in [-0.4, -0.2) is 12.6 Å². The Morgan fingerprint density at radius 1 is 1.43 bits per heavy atom. The van der Waals surface area contributed by atoms with Crippen molar-refractivity contribution in [3.8, 4) is 0 Å². The standard InChI is InChI=1S/C9H8Cl2O2S/c1-2-13-9(12)5-3-8(14)7(11)4-6(5)10/h3-4,14H,2H2,1H3. The maximum Gasteiger partial charge on any atom is 0.339 e. The van der Waals surface area contributed by atoms with Gasteiger partial charge in [-0.2, -0.15) is 0 Å². The van der Waals surface area contributed by atoms with E-state index in [0.29, 0.717) is 16.5 Å². The molecule has 14 heavy (non-hydrogen) atoms. The Hall–Kier alpha value is -0.380. The van der Waals surface area contributed by atoms with Crippen molar-refractivity contribution in [3.05, 3.63) is 27.7 Å². The number of hydrogen-bond donors (Lipinski definition) is 1. The van der Waals surface area contributed by atoms with Crippen LogP contribution in [0.4, 0.5) is 0 Å². The fraction of sp³-hybridized carbons (Fsp3) is 0.222. The molecule has 0 bridgehead atoms. The van der Waals surface area contributed by atoms with Crippen LogP contribution >= 0.6 is 35.8 Å². The average Bonchev–Trinajstić information content (AvgIpc) is 2.11. The minimum absolute atomic E-state index is 0.270. The molecule has 1 aromatic carbocycles. The van der Waals surface area contributed by atoms with E-state index >= 15 is 0 Å². The highest BCUT2D eigenvalue weighted by Gasteiger charge is 2.13. The quantitative estimate of drug-likeness (QED) is 0.643. The van der Waals surface area contributed by atoms with Crippen molar-refractivity contribution in [2.75, 3.05) is 6.61 Å². The van der Waals surface area contributed by atoms with Crippen molar-refractivity contribution < 1.29 is 9.53 Å². The number of carbonyl (C=O) groups is 1. The molecule has 0 aliphatic rings. The van der Waals surface area contributed by atoms with Crippen molar-refractivity contribution in [2.45, 2.75) is 11.8 Å². The molecular weight excluding hydrogens is 243 g/mol. The molecule has 0 amide bonds. The summed E-state index contributed by atoms with van der Waals surface area (Å²) in [5, 5.41) is 0.678. The van der Waals surface area contributed by atoms with Crippen LogP contribution in [0.25, 0.3) is 0 Å². The molecule has 1 aromatic rings. The Kier molecular flexibility index (Phi) is 4.11. The minimum atomic E-state index is -0.468. The normalized spacial score (nSPS) is 10.0. The largest absolute Gasteiger partial charge is 0.462 e. The molecule has 0 aromatic heterocycles. The topological polar surface area (TPSA) is 26.3 Å². The van der Waals surface area contributed by atoms with E-state index in [1.54, 1.807) is 6.92 Å². The smallest absolute Gasteiger partial charge is 0.339 e. The van der Waals surface area contributed by atoms with Gasteiger partial charge in [0.2, 0.25) is 0 Å². The Labute approximate surface area is 97.6 Å². The first kappa shape index (κ1) is 11.7. The number of carbonyl (C=O) groups excluding carboxylic acids is 1. The second-order valence-electron chi connectivity index (χ2n) is 2.50. The molecule has 0 aliphatic carbocycles. The zero-order valence-electron chi connectivity index (χ0n) is 7.38. The van der Waals surface area contributed by atoms with Crippen LogP contribution in [-0.2, 0) is 4.74 Å². The lowest BCUT2D eigenvalue weighted by atomic mass is 10.2. The summed E-state index contributed by atoms with van der Waals surface area (Å²) < 4.78 is 4.80. The van der Waals surface area contributed by atoms with E-state index < -0.39 is 5.97 Å². The predicted octanol–water partition coefficient (Wildman–Crippen LogP) is 3.46. The van der Waals surface area contributed by atoms with Crippen LogP contribution in [0.3, 0.4) is 0 Å². The molecule has 0 aliphatic heterocycles. The van der Waals surface area contributed by atoms with E-state index in [9.17, 15) is 4.79 Å². The van der Waals surface area contributed by atoms with Gasteiger partial charge in [-0.1, -0.05) is 23.2 Å². The Balaban J connectivity index is 3.09. The summed E-state index contributed by atoms with van der Waals surface area (Å²) in [4.78, 5) is 11.8. The summed E-state index contributed by atoms with van der Waals surface area (Å²) in [7, 11) is 0. The van der Waals surface area contributed by atoms with E-state index in [4.69, 9.17) is 27.9 Å². The predicted molar refractivity (Wildman–Crippen MR) is 59.7 cm³/mol. The molecular formula is C9H8Cl2O2S. The molecule has 0 spiro atoms. The van der Waals surface area contributed by atoms with Crippen molar-refractivity contribution in [1.29, 1.82) is 0 Å². The van der Waals surface area contributed by atoms with Gasteiger partial charge in [-0.15, -0.1) is 12.6 Å². The number of hydrogen-bond acceptors (Lipinski definition) is 3. The highest BCUT2D eigenvalue weighted by molar-refractivity contribution is 7.80. The van der Waals surface area contributed by atoms with E-state index in [2.05, 4.69) is 12.6 Å². The van der Waals surface area contributed by atoms with Gasteiger partial charge >= 0.3 is 5.97 Å². The number of halogens is 2. The zero-order valence-corrected chi connectivity index (χ0v) is 9.79. The van der Waals surface area contributed by atoms with Crippen molar-refractivity contribution in [3.63, 3.8) is 0 Å². The van der Waals surface area contributed by atoms with Gasteiger partial charge in [0.1, 0.15) is 0 Å². The van der Waals surface area contributed by atoms with Gasteiger partial charge in [0.25, 0.3) is 0 Å². The van der Waals surface area contributed by atoms with E-state index in [-0.39, 0.29) is 10.6 Å². The second-order valence-corrected chi connectivity index (χ2v) is 3.80. The zero-order chi connectivity index (χ0) is 10.7. The Morgan fingerprint density at radius 3 is 2.64 bits per heavy atom. The lowest BCUT2D eigenvalue weighted by molar-refractivity contribution is 0.0526. The van der Waals surface area contributed by atoms with Crippen LogP contribution in [0, 0.1) is 0 Å². The fourth-order valence-electron chi connectivity index (χ4n) is 0.903. The summed E-state index contributed by atoms with van der Waals surface area (Å²) >= 11 is 15.6. The number of ether oxygens (including phenoxy) is 1. The lowest BCUT2D eigenvalue weighted by Crippen LogP contribution is -2.05. The maximum absolute atomic E-state index is 11.3. The molecule has 2 nitrogen and oxygen atoms in total. The summed E-state index contributed by atoms with van der Waals surface area (Å²) in [5.41, 5.74) is 0.280. The molecule has 1 rings (SSSR count). The van der Waals surface area contributed by atoms with Gasteiger partial charge in [0.15, 0.2) is 0 Å². The van der Waals surface area contributed by atoms with Gasteiger partial charge in [-0.3, -0.25) is 0 Å². The van der Waals surface area contributed by atoms with Crippen molar-refractivity contribution >= 4 is 41.8 Å². The van der Waals surface area contributed by atoms with Gasteiger partial charge in [-0.05, 0) is 19.1 Å². The summed E-state index contributed by atoms with van der Waals surface area (Å²) in [6.07, 6.45) is 0. The molecule has 0 saturated carbocycles. The second kappa shape index (κ2) is 4.91. The molecule has 0 radical (unpaired) electrons. The molecule has 0 N–H and O–H groups in total. The first-order chi connectivity index (χ1) is 6.56. The molecule has 0 unspecified atom stereocenters. The molecule has 76 valence electrons. The average molecular weight is 251 g/mol.